The first-order valence-corrected chi connectivity index (χ1v) is 6.90. The number of nitriles is 1. The fourth-order valence-corrected chi connectivity index (χ4v) is 2.63. The van der Waals surface area contributed by atoms with Crippen LogP contribution < -0.4 is 4.90 Å². The van der Waals surface area contributed by atoms with Gasteiger partial charge in [-0.15, -0.1) is 0 Å². The highest BCUT2D eigenvalue weighted by Gasteiger charge is 2.22. The number of hydrogen-bond donors (Lipinski definition) is 0. The molecule has 0 aliphatic carbocycles. The summed E-state index contributed by atoms with van der Waals surface area (Å²) in [5.74, 6) is 0.864. The molecule has 0 atom stereocenters. The average molecular weight is 258 g/mol. The van der Waals surface area contributed by atoms with Gasteiger partial charge >= 0.3 is 0 Å². The van der Waals surface area contributed by atoms with E-state index in [0.29, 0.717) is 6.04 Å². The maximum Gasteiger partial charge on any atom is 0.147 e. The van der Waals surface area contributed by atoms with Gasteiger partial charge in [-0.2, -0.15) is 5.26 Å². The van der Waals surface area contributed by atoms with E-state index >= 15 is 0 Å². The predicted octanol–water partition coefficient (Wildman–Crippen LogP) is 2.10. The number of anilines is 1. The van der Waals surface area contributed by atoms with Crippen LogP contribution in [-0.2, 0) is 0 Å². The summed E-state index contributed by atoms with van der Waals surface area (Å²) in [6.45, 7) is 12.4. The van der Waals surface area contributed by atoms with Gasteiger partial charge in [-0.05, 0) is 39.3 Å². The molecule has 0 N–H and O–H groups in total. The van der Waals surface area contributed by atoms with Crippen molar-refractivity contribution in [2.45, 2.75) is 33.7 Å². The zero-order valence-electron chi connectivity index (χ0n) is 12.3. The summed E-state index contributed by atoms with van der Waals surface area (Å²) in [7, 11) is 0. The summed E-state index contributed by atoms with van der Waals surface area (Å²) in [6.07, 6.45) is 0. The zero-order valence-corrected chi connectivity index (χ0v) is 12.3. The van der Waals surface area contributed by atoms with Crippen LogP contribution >= 0.6 is 0 Å². The average Bonchev–Trinajstić information content (AvgIpc) is 2.38. The highest BCUT2D eigenvalue weighted by molar-refractivity contribution is 5.58. The van der Waals surface area contributed by atoms with Crippen molar-refractivity contribution in [2.24, 2.45) is 0 Å². The van der Waals surface area contributed by atoms with Crippen LogP contribution in [0.5, 0.6) is 0 Å². The lowest BCUT2D eigenvalue weighted by Crippen LogP contribution is -2.49. The van der Waals surface area contributed by atoms with Gasteiger partial charge in [-0.25, -0.2) is 4.98 Å². The number of pyridine rings is 1. The van der Waals surface area contributed by atoms with Crippen LogP contribution in [0, 0.1) is 25.2 Å². The third-order valence-electron chi connectivity index (χ3n) is 3.78. The van der Waals surface area contributed by atoms with E-state index in [2.05, 4.69) is 34.7 Å². The van der Waals surface area contributed by atoms with E-state index in [1.165, 1.54) is 0 Å². The van der Waals surface area contributed by atoms with Crippen LogP contribution in [0.3, 0.4) is 0 Å². The number of rotatable bonds is 2. The van der Waals surface area contributed by atoms with Crippen LogP contribution in [-0.4, -0.2) is 42.1 Å². The molecule has 1 saturated heterocycles. The summed E-state index contributed by atoms with van der Waals surface area (Å²) in [5.41, 5.74) is 2.73. The van der Waals surface area contributed by atoms with Crippen LogP contribution in [0.15, 0.2) is 6.07 Å². The van der Waals surface area contributed by atoms with Crippen molar-refractivity contribution in [1.82, 2.24) is 9.88 Å². The number of nitrogens with zero attached hydrogens (tertiary/aromatic N) is 4. The first-order valence-electron chi connectivity index (χ1n) is 6.90. The van der Waals surface area contributed by atoms with Crippen molar-refractivity contribution >= 4 is 5.82 Å². The van der Waals surface area contributed by atoms with Gasteiger partial charge in [-0.1, -0.05) is 0 Å². The minimum Gasteiger partial charge on any atom is -0.353 e. The second-order valence-corrected chi connectivity index (χ2v) is 5.51. The van der Waals surface area contributed by atoms with E-state index in [1.807, 2.05) is 19.9 Å². The molecule has 0 unspecified atom stereocenters. The summed E-state index contributed by atoms with van der Waals surface area (Å²) in [5, 5.41) is 9.33. The molecule has 4 heteroatoms. The maximum absolute atomic E-state index is 9.33. The fourth-order valence-electron chi connectivity index (χ4n) is 2.63. The van der Waals surface area contributed by atoms with Crippen molar-refractivity contribution in [2.75, 3.05) is 31.1 Å². The third-order valence-corrected chi connectivity index (χ3v) is 3.78. The van der Waals surface area contributed by atoms with Crippen LogP contribution in [0.1, 0.15) is 30.7 Å². The Labute approximate surface area is 115 Å². The van der Waals surface area contributed by atoms with Crippen molar-refractivity contribution in [3.8, 4) is 6.07 Å². The third kappa shape index (κ3) is 2.87. The number of aromatic nitrogens is 1. The SMILES string of the molecule is Cc1cc(C)c(C#N)c(N2CCN(C(C)C)CC2)n1. The Hall–Kier alpha value is -1.60. The zero-order chi connectivity index (χ0) is 14.0. The smallest absolute Gasteiger partial charge is 0.147 e. The molecular weight excluding hydrogens is 236 g/mol. The minimum absolute atomic E-state index is 0.588. The van der Waals surface area contributed by atoms with Gasteiger partial charge in [0, 0.05) is 37.9 Å². The molecule has 0 amide bonds. The topological polar surface area (TPSA) is 43.2 Å². The molecular formula is C15H22N4. The number of aryl methyl sites for hydroxylation is 2. The van der Waals surface area contributed by atoms with Gasteiger partial charge in [0.2, 0.25) is 0 Å². The van der Waals surface area contributed by atoms with E-state index in [4.69, 9.17) is 0 Å². The van der Waals surface area contributed by atoms with Gasteiger partial charge in [0.05, 0.1) is 5.56 Å². The molecule has 1 aliphatic heterocycles. The van der Waals surface area contributed by atoms with Crippen molar-refractivity contribution < 1.29 is 0 Å². The molecule has 19 heavy (non-hydrogen) atoms. The van der Waals surface area contributed by atoms with Crippen molar-refractivity contribution in [3.05, 3.63) is 22.9 Å². The molecule has 2 rings (SSSR count). The van der Waals surface area contributed by atoms with E-state index in [-0.39, 0.29) is 0 Å². The summed E-state index contributed by atoms with van der Waals surface area (Å²) < 4.78 is 0. The molecule has 1 aromatic rings. The lowest BCUT2D eigenvalue weighted by molar-refractivity contribution is 0.209. The minimum atomic E-state index is 0.588. The van der Waals surface area contributed by atoms with E-state index in [9.17, 15) is 5.26 Å². The second kappa shape index (κ2) is 5.58. The van der Waals surface area contributed by atoms with E-state index < -0.39 is 0 Å². The Morgan fingerprint density at radius 2 is 1.84 bits per heavy atom. The molecule has 0 radical (unpaired) electrons. The Morgan fingerprint density at radius 3 is 2.37 bits per heavy atom. The first kappa shape index (κ1) is 13.8. The molecule has 0 bridgehead atoms. The molecule has 1 fully saturated rings. The van der Waals surface area contributed by atoms with Crippen LogP contribution in [0.2, 0.25) is 0 Å². The largest absolute Gasteiger partial charge is 0.353 e. The Morgan fingerprint density at radius 1 is 1.21 bits per heavy atom. The number of piperazine rings is 1. The molecule has 0 spiro atoms. The quantitative estimate of drug-likeness (QED) is 0.815. The Bertz CT molecular complexity index is 494. The van der Waals surface area contributed by atoms with Gasteiger partial charge in [-0.3, -0.25) is 4.90 Å². The second-order valence-electron chi connectivity index (χ2n) is 5.51. The molecule has 2 heterocycles. The standard InChI is InChI=1S/C15H22N4/c1-11(2)18-5-7-19(8-6-18)15-14(10-16)12(3)9-13(4)17-15/h9,11H,5-8H2,1-4H3. The van der Waals surface area contributed by atoms with E-state index in [0.717, 1.165) is 48.8 Å². The monoisotopic (exact) mass is 258 g/mol. The van der Waals surface area contributed by atoms with Gasteiger partial charge in [0.15, 0.2) is 0 Å². The first-order chi connectivity index (χ1) is 9.02. The predicted molar refractivity (Wildman–Crippen MR) is 77.3 cm³/mol. The van der Waals surface area contributed by atoms with Gasteiger partial charge < -0.3 is 4.90 Å². The summed E-state index contributed by atoms with van der Waals surface area (Å²) in [4.78, 5) is 9.29. The molecule has 4 nitrogen and oxygen atoms in total. The van der Waals surface area contributed by atoms with E-state index in [1.54, 1.807) is 0 Å². The van der Waals surface area contributed by atoms with Crippen LogP contribution in [0.25, 0.3) is 0 Å². The van der Waals surface area contributed by atoms with Gasteiger partial charge in [0.25, 0.3) is 0 Å². The van der Waals surface area contributed by atoms with Crippen molar-refractivity contribution in [3.63, 3.8) is 0 Å². The maximum atomic E-state index is 9.33. The number of hydrogen-bond acceptors (Lipinski definition) is 4. The molecule has 0 saturated carbocycles. The Kier molecular flexibility index (Phi) is 4.06. The molecule has 1 aliphatic rings. The summed E-state index contributed by atoms with van der Waals surface area (Å²) in [6, 6.07) is 4.87. The highest BCUT2D eigenvalue weighted by Crippen LogP contribution is 2.23. The molecule has 1 aromatic heterocycles. The summed E-state index contributed by atoms with van der Waals surface area (Å²) >= 11 is 0. The van der Waals surface area contributed by atoms with Crippen LogP contribution in [0.4, 0.5) is 5.82 Å². The molecule has 0 aromatic carbocycles. The normalized spacial score (nSPS) is 16.7. The highest BCUT2D eigenvalue weighted by atomic mass is 15.3. The van der Waals surface area contributed by atoms with Crippen molar-refractivity contribution in [1.29, 1.82) is 5.26 Å². The fraction of sp³-hybridized carbons (Fsp3) is 0.600. The Balaban J connectivity index is 2.22. The molecule has 102 valence electrons. The lowest BCUT2D eigenvalue weighted by atomic mass is 10.1. The lowest BCUT2D eigenvalue weighted by Gasteiger charge is -2.38. The van der Waals surface area contributed by atoms with Gasteiger partial charge in [0.1, 0.15) is 11.9 Å².